The second-order valence-electron chi connectivity index (χ2n) is 6.29. The number of rotatable bonds is 5. The predicted octanol–water partition coefficient (Wildman–Crippen LogP) is 6.76. The molecule has 140 valence electrons. The van der Waals surface area contributed by atoms with Gasteiger partial charge in [-0.05, 0) is 42.0 Å². The number of halogens is 3. The highest BCUT2D eigenvalue weighted by molar-refractivity contribution is 6.35. The number of nitrogens with zero attached hydrogens (tertiary/aromatic N) is 2. The first-order valence-corrected chi connectivity index (χ1v) is 9.79. The van der Waals surface area contributed by atoms with E-state index in [1.54, 1.807) is 12.1 Å². The Bertz CT molecular complexity index is 1150. The molecule has 6 heteroatoms. The van der Waals surface area contributed by atoms with E-state index in [1.165, 1.54) is 0 Å². The lowest BCUT2D eigenvalue weighted by molar-refractivity contribution is 0.297. The third kappa shape index (κ3) is 4.39. The second kappa shape index (κ2) is 8.36. The molecule has 0 spiro atoms. The fourth-order valence-corrected chi connectivity index (χ4v) is 3.57. The first kappa shape index (κ1) is 19.0. The first-order valence-electron chi connectivity index (χ1n) is 8.65. The Morgan fingerprint density at radius 1 is 0.786 bits per heavy atom. The molecular formula is C22H15Cl3N2O. The molecular weight excluding hydrogens is 415 g/mol. The fraction of sp³-hybridized carbons (Fsp3) is 0.0909. The highest BCUT2D eigenvalue weighted by atomic mass is 35.5. The lowest BCUT2D eigenvalue weighted by atomic mass is 10.1. The summed E-state index contributed by atoms with van der Waals surface area (Å²) in [6, 6.07) is 20.8. The van der Waals surface area contributed by atoms with Gasteiger partial charge in [-0.2, -0.15) is 4.98 Å². The standard InChI is InChI=1S/C22H15Cl3N2O/c23-16-5-3-4-14(10-16)11-21-26-20-7-2-1-6-18(20)22(27-21)28-13-15-8-9-17(24)12-19(15)25/h1-10,12H,11,13H2. The van der Waals surface area contributed by atoms with Gasteiger partial charge in [0.1, 0.15) is 12.4 Å². The maximum Gasteiger partial charge on any atom is 0.225 e. The molecule has 0 aliphatic rings. The molecule has 0 aliphatic heterocycles. The van der Waals surface area contributed by atoms with Gasteiger partial charge in [0.2, 0.25) is 5.88 Å². The Kier molecular flexibility index (Phi) is 5.67. The molecule has 0 amide bonds. The van der Waals surface area contributed by atoms with E-state index >= 15 is 0 Å². The summed E-state index contributed by atoms with van der Waals surface area (Å²) in [5.41, 5.74) is 2.70. The van der Waals surface area contributed by atoms with E-state index in [0.717, 1.165) is 22.0 Å². The normalized spacial score (nSPS) is 11.0. The third-order valence-corrected chi connectivity index (χ3v) is 5.07. The lowest BCUT2D eigenvalue weighted by Crippen LogP contribution is -2.04. The van der Waals surface area contributed by atoms with Crippen LogP contribution < -0.4 is 4.74 Å². The molecule has 1 aromatic heterocycles. The first-order chi connectivity index (χ1) is 13.6. The minimum atomic E-state index is 0.285. The molecule has 0 aliphatic carbocycles. The number of para-hydroxylation sites is 1. The molecule has 0 fully saturated rings. The maximum atomic E-state index is 6.26. The van der Waals surface area contributed by atoms with Crippen LogP contribution in [0.3, 0.4) is 0 Å². The van der Waals surface area contributed by atoms with Gasteiger partial charge in [0.25, 0.3) is 0 Å². The third-order valence-electron chi connectivity index (χ3n) is 4.25. The van der Waals surface area contributed by atoms with E-state index in [-0.39, 0.29) is 6.61 Å². The quantitative estimate of drug-likeness (QED) is 0.351. The summed E-state index contributed by atoms with van der Waals surface area (Å²) in [7, 11) is 0. The highest BCUT2D eigenvalue weighted by Gasteiger charge is 2.11. The van der Waals surface area contributed by atoms with Gasteiger partial charge in [0, 0.05) is 27.1 Å². The fourth-order valence-electron chi connectivity index (χ4n) is 2.90. The summed E-state index contributed by atoms with van der Waals surface area (Å²) in [6.07, 6.45) is 0.559. The van der Waals surface area contributed by atoms with Gasteiger partial charge in [0.05, 0.1) is 10.9 Å². The number of fused-ring (bicyclic) bond motifs is 1. The molecule has 1 heterocycles. The molecule has 0 saturated carbocycles. The van der Waals surface area contributed by atoms with Crippen molar-refractivity contribution in [3.05, 3.63) is 98.7 Å². The van der Waals surface area contributed by atoms with Gasteiger partial charge >= 0.3 is 0 Å². The average molecular weight is 430 g/mol. The Labute approximate surface area is 177 Å². The zero-order valence-electron chi connectivity index (χ0n) is 14.7. The molecule has 4 rings (SSSR count). The Morgan fingerprint density at radius 3 is 2.43 bits per heavy atom. The van der Waals surface area contributed by atoms with Crippen LogP contribution in [0, 0.1) is 0 Å². The number of hydrogen-bond donors (Lipinski definition) is 0. The Balaban J connectivity index is 1.66. The number of hydrogen-bond acceptors (Lipinski definition) is 3. The number of benzene rings is 3. The van der Waals surface area contributed by atoms with Crippen molar-refractivity contribution in [1.82, 2.24) is 9.97 Å². The van der Waals surface area contributed by atoms with Crippen LogP contribution in [-0.2, 0) is 13.0 Å². The molecule has 0 N–H and O–H groups in total. The average Bonchev–Trinajstić information content (AvgIpc) is 2.67. The van der Waals surface area contributed by atoms with Crippen molar-refractivity contribution in [2.45, 2.75) is 13.0 Å². The minimum absolute atomic E-state index is 0.285. The molecule has 3 aromatic carbocycles. The Hall–Kier alpha value is -2.33. The molecule has 0 atom stereocenters. The Morgan fingerprint density at radius 2 is 1.61 bits per heavy atom. The van der Waals surface area contributed by atoms with E-state index in [9.17, 15) is 0 Å². The van der Waals surface area contributed by atoms with Crippen LogP contribution in [0.15, 0.2) is 66.7 Å². The highest BCUT2D eigenvalue weighted by Crippen LogP contribution is 2.26. The minimum Gasteiger partial charge on any atom is -0.472 e. The van der Waals surface area contributed by atoms with Gasteiger partial charge < -0.3 is 4.74 Å². The van der Waals surface area contributed by atoms with Crippen molar-refractivity contribution in [1.29, 1.82) is 0 Å². The molecule has 0 unspecified atom stereocenters. The van der Waals surface area contributed by atoms with Gasteiger partial charge in [-0.25, -0.2) is 4.98 Å². The van der Waals surface area contributed by atoms with Crippen LogP contribution in [0.25, 0.3) is 10.9 Å². The zero-order chi connectivity index (χ0) is 19.5. The van der Waals surface area contributed by atoms with Crippen LogP contribution in [0.4, 0.5) is 0 Å². The predicted molar refractivity (Wildman–Crippen MR) is 115 cm³/mol. The van der Waals surface area contributed by atoms with Crippen molar-refractivity contribution in [3.8, 4) is 5.88 Å². The van der Waals surface area contributed by atoms with E-state index < -0.39 is 0 Å². The topological polar surface area (TPSA) is 35.0 Å². The molecule has 28 heavy (non-hydrogen) atoms. The van der Waals surface area contributed by atoms with Crippen molar-refractivity contribution < 1.29 is 4.74 Å². The van der Waals surface area contributed by atoms with Crippen LogP contribution in [0.1, 0.15) is 17.0 Å². The van der Waals surface area contributed by atoms with Crippen LogP contribution in [0.2, 0.25) is 15.1 Å². The van der Waals surface area contributed by atoms with Crippen LogP contribution in [-0.4, -0.2) is 9.97 Å². The number of ether oxygens (including phenoxy) is 1. The van der Waals surface area contributed by atoms with Gasteiger partial charge in [0.15, 0.2) is 0 Å². The van der Waals surface area contributed by atoms with Gasteiger partial charge in [-0.1, -0.05) is 65.1 Å². The zero-order valence-corrected chi connectivity index (χ0v) is 17.0. The summed E-state index contributed by atoms with van der Waals surface area (Å²) in [5, 5.41) is 2.68. The van der Waals surface area contributed by atoms with Gasteiger partial charge in [-0.15, -0.1) is 0 Å². The largest absolute Gasteiger partial charge is 0.472 e. The van der Waals surface area contributed by atoms with E-state index in [1.807, 2.05) is 54.6 Å². The SMILES string of the molecule is Clc1cccc(Cc2nc(OCc3ccc(Cl)cc3Cl)c3ccccc3n2)c1. The summed E-state index contributed by atoms with van der Waals surface area (Å²) in [4.78, 5) is 9.31. The van der Waals surface area contributed by atoms with E-state index in [0.29, 0.717) is 33.2 Å². The van der Waals surface area contributed by atoms with Crippen molar-refractivity contribution in [2.24, 2.45) is 0 Å². The molecule has 4 aromatic rings. The summed E-state index contributed by atoms with van der Waals surface area (Å²) < 4.78 is 6.02. The second-order valence-corrected chi connectivity index (χ2v) is 7.57. The van der Waals surface area contributed by atoms with Crippen molar-refractivity contribution in [2.75, 3.05) is 0 Å². The summed E-state index contributed by atoms with van der Waals surface area (Å²) in [6.45, 7) is 0.285. The van der Waals surface area contributed by atoms with Crippen LogP contribution >= 0.6 is 34.8 Å². The number of aromatic nitrogens is 2. The van der Waals surface area contributed by atoms with E-state index in [2.05, 4.69) is 9.97 Å². The van der Waals surface area contributed by atoms with Crippen molar-refractivity contribution in [3.63, 3.8) is 0 Å². The van der Waals surface area contributed by atoms with Crippen LogP contribution in [0.5, 0.6) is 5.88 Å². The van der Waals surface area contributed by atoms with Gasteiger partial charge in [-0.3, -0.25) is 0 Å². The lowest BCUT2D eigenvalue weighted by Gasteiger charge is -2.11. The molecule has 3 nitrogen and oxygen atoms in total. The molecule has 0 radical (unpaired) electrons. The smallest absolute Gasteiger partial charge is 0.225 e. The van der Waals surface area contributed by atoms with E-state index in [4.69, 9.17) is 39.5 Å². The maximum absolute atomic E-state index is 6.26. The monoisotopic (exact) mass is 428 g/mol. The molecule has 0 saturated heterocycles. The van der Waals surface area contributed by atoms with Crippen molar-refractivity contribution >= 4 is 45.7 Å². The summed E-state index contributed by atoms with van der Waals surface area (Å²) >= 11 is 18.3. The molecule has 0 bridgehead atoms. The summed E-state index contributed by atoms with van der Waals surface area (Å²) in [5.74, 6) is 1.19.